The van der Waals surface area contributed by atoms with Crippen LogP contribution in [0.3, 0.4) is 0 Å². The molecule has 2 heterocycles. The first kappa shape index (κ1) is 20.8. The van der Waals surface area contributed by atoms with Crippen molar-refractivity contribution >= 4 is 21.7 Å². The van der Waals surface area contributed by atoms with Crippen molar-refractivity contribution in [3.8, 4) is 0 Å². The number of fused-ring (bicyclic) bond motifs is 1. The van der Waals surface area contributed by atoms with E-state index in [1.807, 2.05) is 10.6 Å². The third kappa shape index (κ3) is 3.55. The summed E-state index contributed by atoms with van der Waals surface area (Å²) in [5.74, 6) is 0.186. The fraction of sp³-hybridized carbons (Fsp3) is 0.357. The van der Waals surface area contributed by atoms with Gasteiger partial charge in [-0.1, -0.05) is 36.4 Å². The topological polar surface area (TPSA) is 54.4 Å². The van der Waals surface area contributed by atoms with Crippen molar-refractivity contribution in [1.82, 2.24) is 9.47 Å². The Labute approximate surface area is 193 Å². The van der Waals surface area contributed by atoms with Gasteiger partial charge in [-0.25, -0.2) is 4.39 Å². The van der Waals surface area contributed by atoms with Crippen LogP contribution in [-0.2, 0) is 13.0 Å². The number of piperidine rings is 1. The third-order valence-corrected chi connectivity index (χ3v) is 7.76. The lowest BCUT2D eigenvalue weighted by atomic mass is 9.88. The van der Waals surface area contributed by atoms with E-state index in [0.29, 0.717) is 18.5 Å². The van der Waals surface area contributed by atoms with Crippen molar-refractivity contribution in [3.63, 3.8) is 0 Å². The quantitative estimate of drug-likeness (QED) is 0.469. The van der Waals surface area contributed by atoms with Crippen molar-refractivity contribution in [2.24, 2.45) is 5.73 Å². The molecular weight excluding hydrogens is 413 g/mol. The van der Waals surface area contributed by atoms with Gasteiger partial charge in [0.2, 0.25) is 0 Å². The average molecular weight is 444 g/mol. The lowest BCUT2D eigenvalue weighted by molar-refractivity contribution is 0.154. The second-order valence-electron chi connectivity index (χ2n) is 9.68. The molecule has 0 bridgehead atoms. The van der Waals surface area contributed by atoms with Crippen LogP contribution in [0.5, 0.6) is 0 Å². The van der Waals surface area contributed by atoms with Gasteiger partial charge in [-0.05, 0) is 83.9 Å². The predicted molar refractivity (Wildman–Crippen MR) is 131 cm³/mol. The number of rotatable bonds is 5. The van der Waals surface area contributed by atoms with Crippen LogP contribution in [0, 0.1) is 5.82 Å². The number of halogens is 1. The Balaban J connectivity index is 1.25. The Morgan fingerprint density at radius 3 is 2.61 bits per heavy atom. The van der Waals surface area contributed by atoms with Crippen LogP contribution < -0.4 is 5.73 Å². The lowest BCUT2D eigenvalue weighted by Crippen LogP contribution is -2.36. The number of nitrogens with two attached hydrogens (primary N) is 1. The molecule has 1 fully saturated rings. The maximum absolute atomic E-state index is 14.0. The summed E-state index contributed by atoms with van der Waals surface area (Å²) in [6.45, 7) is 2.69. The smallest absolute Gasteiger partial charge is 0.125 e. The molecule has 4 aromatic rings. The molecule has 0 radical (unpaired) electrons. The molecule has 1 aliphatic heterocycles. The SMILES string of the molecule is NCC(O)Cn1cc(C2CCN([C@@H]3Cc4cccc5cccc3c45)CC2)c2ccc(F)cc21. The molecule has 0 saturated carbocycles. The van der Waals surface area contributed by atoms with E-state index in [0.717, 1.165) is 43.3 Å². The van der Waals surface area contributed by atoms with Gasteiger partial charge in [0.25, 0.3) is 0 Å². The van der Waals surface area contributed by atoms with E-state index < -0.39 is 6.10 Å². The first-order valence-corrected chi connectivity index (χ1v) is 12.0. The minimum atomic E-state index is -0.634. The van der Waals surface area contributed by atoms with Gasteiger partial charge in [-0.2, -0.15) is 0 Å². The number of likely N-dealkylation sites (tertiary alicyclic amines) is 1. The van der Waals surface area contributed by atoms with Crippen molar-refractivity contribution in [3.05, 3.63) is 83.3 Å². The minimum absolute atomic E-state index is 0.194. The molecule has 4 nitrogen and oxygen atoms in total. The van der Waals surface area contributed by atoms with Crippen molar-refractivity contribution < 1.29 is 9.50 Å². The summed E-state index contributed by atoms with van der Waals surface area (Å²) in [5.41, 5.74) is 10.7. The molecule has 3 N–H and O–H groups in total. The highest BCUT2D eigenvalue weighted by atomic mass is 19.1. The molecule has 0 spiro atoms. The van der Waals surface area contributed by atoms with Crippen LogP contribution in [-0.4, -0.2) is 40.3 Å². The number of aromatic nitrogens is 1. The Bertz CT molecular complexity index is 1320. The van der Waals surface area contributed by atoms with E-state index in [1.54, 1.807) is 12.1 Å². The number of nitrogens with zero attached hydrogens (tertiary/aromatic N) is 2. The van der Waals surface area contributed by atoms with Gasteiger partial charge in [-0.3, -0.25) is 4.90 Å². The summed E-state index contributed by atoms with van der Waals surface area (Å²) in [4.78, 5) is 2.66. The van der Waals surface area contributed by atoms with E-state index in [4.69, 9.17) is 5.73 Å². The van der Waals surface area contributed by atoms with Gasteiger partial charge >= 0.3 is 0 Å². The molecule has 3 aromatic carbocycles. The number of aliphatic hydroxyl groups is 1. The molecule has 6 rings (SSSR count). The molecule has 0 amide bonds. The van der Waals surface area contributed by atoms with E-state index >= 15 is 0 Å². The Morgan fingerprint density at radius 1 is 1.03 bits per heavy atom. The summed E-state index contributed by atoms with van der Waals surface area (Å²) >= 11 is 0. The monoisotopic (exact) mass is 443 g/mol. The van der Waals surface area contributed by atoms with Crippen molar-refractivity contribution in [2.45, 2.75) is 43.9 Å². The number of hydrogen-bond acceptors (Lipinski definition) is 3. The highest BCUT2D eigenvalue weighted by Crippen LogP contribution is 2.43. The number of benzene rings is 3. The zero-order valence-corrected chi connectivity index (χ0v) is 18.8. The summed E-state index contributed by atoms with van der Waals surface area (Å²) < 4.78 is 16.0. The van der Waals surface area contributed by atoms with Crippen molar-refractivity contribution in [1.29, 1.82) is 0 Å². The van der Waals surface area contributed by atoms with E-state index in [9.17, 15) is 9.50 Å². The second kappa shape index (κ2) is 8.24. The number of aliphatic hydroxyl groups excluding tert-OH is 1. The largest absolute Gasteiger partial charge is 0.390 e. The second-order valence-corrected chi connectivity index (χ2v) is 9.68. The predicted octanol–water partition coefficient (Wildman–Crippen LogP) is 4.73. The molecule has 1 aliphatic carbocycles. The summed E-state index contributed by atoms with van der Waals surface area (Å²) in [5, 5.41) is 14.0. The Hall–Kier alpha value is -2.73. The van der Waals surface area contributed by atoms with Gasteiger partial charge < -0.3 is 15.4 Å². The van der Waals surface area contributed by atoms with E-state index in [1.165, 1.54) is 27.5 Å². The molecule has 2 aliphatic rings. The maximum atomic E-state index is 14.0. The molecule has 5 heteroatoms. The highest BCUT2D eigenvalue weighted by molar-refractivity contribution is 5.91. The van der Waals surface area contributed by atoms with Crippen LogP contribution in [0.15, 0.2) is 60.8 Å². The van der Waals surface area contributed by atoms with E-state index in [2.05, 4.69) is 47.5 Å². The fourth-order valence-corrected chi connectivity index (χ4v) is 6.14. The molecule has 1 saturated heterocycles. The van der Waals surface area contributed by atoms with Crippen LogP contribution >= 0.6 is 0 Å². The summed E-state index contributed by atoms with van der Waals surface area (Å²) in [7, 11) is 0. The Morgan fingerprint density at radius 2 is 1.82 bits per heavy atom. The standard InChI is InChI=1S/C28H30FN3O/c29-21-7-8-23-25(17-32(27(23)14-21)16-22(33)15-30)18-9-11-31(12-10-18)26-13-20-5-1-3-19-4-2-6-24(26)28(19)20/h1-8,14,17-18,22,26,33H,9-13,15-16,30H2/t22?,26-/m1/s1. The van der Waals surface area contributed by atoms with Gasteiger partial charge in [-0.15, -0.1) is 0 Å². The third-order valence-electron chi connectivity index (χ3n) is 7.76. The van der Waals surface area contributed by atoms with Crippen LogP contribution in [0.2, 0.25) is 0 Å². The van der Waals surface area contributed by atoms with Gasteiger partial charge in [0.15, 0.2) is 0 Å². The zero-order chi connectivity index (χ0) is 22.5. The molecule has 1 unspecified atom stereocenters. The van der Waals surface area contributed by atoms with Crippen LogP contribution in [0.25, 0.3) is 21.7 Å². The van der Waals surface area contributed by atoms with Crippen LogP contribution in [0.1, 0.15) is 41.5 Å². The fourth-order valence-electron chi connectivity index (χ4n) is 6.14. The molecule has 33 heavy (non-hydrogen) atoms. The van der Waals surface area contributed by atoms with Crippen molar-refractivity contribution in [2.75, 3.05) is 19.6 Å². The minimum Gasteiger partial charge on any atom is -0.390 e. The Kier molecular flexibility index (Phi) is 5.21. The van der Waals surface area contributed by atoms with Gasteiger partial charge in [0.1, 0.15) is 5.82 Å². The lowest BCUT2D eigenvalue weighted by Gasteiger charge is -2.36. The van der Waals surface area contributed by atoms with E-state index in [-0.39, 0.29) is 12.4 Å². The first-order chi connectivity index (χ1) is 16.1. The number of hydrogen-bond donors (Lipinski definition) is 2. The molecule has 1 aromatic heterocycles. The van der Waals surface area contributed by atoms with Gasteiger partial charge in [0, 0.05) is 30.7 Å². The van der Waals surface area contributed by atoms with Crippen LogP contribution in [0.4, 0.5) is 4.39 Å². The first-order valence-electron chi connectivity index (χ1n) is 12.0. The highest BCUT2D eigenvalue weighted by Gasteiger charge is 2.32. The summed E-state index contributed by atoms with van der Waals surface area (Å²) in [6, 6.07) is 18.9. The average Bonchev–Trinajstić information content (AvgIpc) is 3.39. The zero-order valence-electron chi connectivity index (χ0n) is 18.8. The van der Waals surface area contributed by atoms with Gasteiger partial charge in [0.05, 0.1) is 11.6 Å². The molecule has 2 atom stereocenters. The summed E-state index contributed by atoms with van der Waals surface area (Å²) in [6.07, 6.45) is 4.74. The normalized spacial score (nSPS) is 20.2. The molecule has 170 valence electrons. The maximum Gasteiger partial charge on any atom is 0.125 e. The molecular formula is C28H30FN3O.